The van der Waals surface area contributed by atoms with E-state index in [0.29, 0.717) is 19.0 Å². The summed E-state index contributed by atoms with van der Waals surface area (Å²) in [5.74, 6) is 0.675. The molecule has 0 bridgehead atoms. The van der Waals surface area contributed by atoms with Gasteiger partial charge in [-0.25, -0.2) is 4.98 Å². The number of ether oxygens (including phenoxy) is 1. The fourth-order valence-corrected chi connectivity index (χ4v) is 1.52. The van der Waals surface area contributed by atoms with Gasteiger partial charge in [-0.1, -0.05) is 0 Å². The number of tetrazole rings is 1. The van der Waals surface area contributed by atoms with E-state index < -0.39 is 0 Å². The van der Waals surface area contributed by atoms with Crippen LogP contribution in [0.15, 0.2) is 12.5 Å². The molecule has 0 unspecified atom stereocenters. The van der Waals surface area contributed by atoms with E-state index in [1.165, 1.54) is 4.80 Å². The molecular weight excluding hydrogens is 234 g/mol. The molecule has 2 heterocycles. The summed E-state index contributed by atoms with van der Waals surface area (Å²) in [6.45, 7) is 2.82. The van der Waals surface area contributed by atoms with Crippen molar-refractivity contribution >= 4 is 0 Å². The third kappa shape index (κ3) is 3.60. The molecule has 0 aliphatic heterocycles. The predicted octanol–water partition coefficient (Wildman–Crippen LogP) is -0.809. The van der Waals surface area contributed by atoms with E-state index in [9.17, 15) is 0 Å². The molecule has 2 rings (SSSR count). The largest absolute Gasteiger partial charge is 0.383 e. The van der Waals surface area contributed by atoms with E-state index in [4.69, 9.17) is 4.74 Å². The third-order valence-electron chi connectivity index (χ3n) is 2.35. The maximum absolute atomic E-state index is 4.95. The highest BCUT2D eigenvalue weighted by atomic mass is 16.5. The Morgan fingerprint density at radius 2 is 2.33 bits per heavy atom. The fourth-order valence-electron chi connectivity index (χ4n) is 1.52. The van der Waals surface area contributed by atoms with Gasteiger partial charge in [-0.3, -0.25) is 0 Å². The minimum Gasteiger partial charge on any atom is -0.383 e. The molecule has 1 N–H and O–H groups in total. The van der Waals surface area contributed by atoms with E-state index in [0.717, 1.165) is 18.8 Å². The Labute approximate surface area is 105 Å². The van der Waals surface area contributed by atoms with Crippen molar-refractivity contribution < 1.29 is 4.74 Å². The van der Waals surface area contributed by atoms with Gasteiger partial charge in [0.1, 0.15) is 0 Å². The molecule has 0 amide bonds. The third-order valence-corrected chi connectivity index (χ3v) is 2.35. The molecule has 8 heteroatoms. The smallest absolute Gasteiger partial charge is 0.194 e. The molecule has 2 aromatic heterocycles. The molecule has 0 aliphatic rings. The van der Waals surface area contributed by atoms with Crippen LogP contribution in [0.1, 0.15) is 11.5 Å². The lowest BCUT2D eigenvalue weighted by Crippen LogP contribution is -2.18. The molecule has 0 radical (unpaired) electrons. The highest BCUT2D eigenvalue weighted by Crippen LogP contribution is 1.98. The van der Waals surface area contributed by atoms with Crippen LogP contribution in [0.2, 0.25) is 0 Å². The van der Waals surface area contributed by atoms with Gasteiger partial charge in [0, 0.05) is 26.4 Å². The molecule has 2 aromatic rings. The van der Waals surface area contributed by atoms with E-state index in [1.54, 1.807) is 20.5 Å². The Bertz CT molecular complexity index is 478. The maximum Gasteiger partial charge on any atom is 0.194 e. The lowest BCUT2D eigenvalue weighted by Gasteiger charge is -2.00. The van der Waals surface area contributed by atoms with Crippen molar-refractivity contribution in [2.75, 3.05) is 20.3 Å². The second-order valence-corrected chi connectivity index (χ2v) is 3.90. The first-order chi connectivity index (χ1) is 8.78. The Balaban J connectivity index is 1.82. The number of aryl methyl sites for hydroxylation is 1. The van der Waals surface area contributed by atoms with Gasteiger partial charge in [-0.05, 0) is 5.21 Å². The van der Waals surface area contributed by atoms with E-state index >= 15 is 0 Å². The van der Waals surface area contributed by atoms with Crippen LogP contribution < -0.4 is 5.32 Å². The van der Waals surface area contributed by atoms with Gasteiger partial charge in [0.2, 0.25) is 0 Å². The fraction of sp³-hybridized carbons (Fsp3) is 0.600. The summed E-state index contributed by atoms with van der Waals surface area (Å²) in [6, 6.07) is 0. The zero-order valence-electron chi connectivity index (χ0n) is 10.6. The first kappa shape index (κ1) is 12.7. The van der Waals surface area contributed by atoms with Crippen LogP contribution in [0.4, 0.5) is 0 Å². The Morgan fingerprint density at radius 3 is 3.06 bits per heavy atom. The van der Waals surface area contributed by atoms with Crippen molar-refractivity contribution in [3.05, 3.63) is 24.0 Å². The van der Waals surface area contributed by atoms with Crippen molar-refractivity contribution in [2.24, 2.45) is 7.05 Å². The van der Waals surface area contributed by atoms with Gasteiger partial charge in [-0.15, -0.1) is 10.2 Å². The number of aromatic nitrogens is 6. The van der Waals surface area contributed by atoms with Crippen LogP contribution in [0, 0.1) is 0 Å². The van der Waals surface area contributed by atoms with Crippen LogP contribution in [-0.4, -0.2) is 50.0 Å². The first-order valence-corrected chi connectivity index (χ1v) is 5.71. The number of nitrogens with one attached hydrogen (secondary N) is 1. The average molecular weight is 251 g/mol. The topological polar surface area (TPSA) is 82.7 Å². The van der Waals surface area contributed by atoms with Crippen LogP contribution >= 0.6 is 0 Å². The highest BCUT2D eigenvalue weighted by Gasteiger charge is 2.03. The van der Waals surface area contributed by atoms with E-state index in [2.05, 4.69) is 25.7 Å². The number of nitrogens with zero attached hydrogens (tertiary/aromatic N) is 6. The standard InChI is InChI=1S/C10H17N7O/c1-16-14-10(13-15-16)7-17-6-9(12-8-17)5-11-3-4-18-2/h6,8,11H,3-5,7H2,1-2H3. The molecule has 0 aromatic carbocycles. The van der Waals surface area contributed by atoms with Gasteiger partial charge in [0.05, 0.1) is 32.2 Å². The van der Waals surface area contributed by atoms with Crippen LogP contribution in [0.3, 0.4) is 0 Å². The average Bonchev–Trinajstić information content (AvgIpc) is 2.95. The lowest BCUT2D eigenvalue weighted by molar-refractivity contribution is 0.199. The molecule has 0 spiro atoms. The van der Waals surface area contributed by atoms with Crippen molar-refractivity contribution in [1.82, 2.24) is 35.1 Å². The van der Waals surface area contributed by atoms with Crippen molar-refractivity contribution in [3.63, 3.8) is 0 Å². The van der Waals surface area contributed by atoms with E-state index in [-0.39, 0.29) is 0 Å². The number of hydrogen-bond acceptors (Lipinski definition) is 6. The summed E-state index contributed by atoms with van der Waals surface area (Å²) in [5.41, 5.74) is 0.981. The van der Waals surface area contributed by atoms with Gasteiger partial charge in [-0.2, -0.15) is 4.80 Å². The maximum atomic E-state index is 4.95. The van der Waals surface area contributed by atoms with Gasteiger partial charge >= 0.3 is 0 Å². The Morgan fingerprint density at radius 1 is 1.44 bits per heavy atom. The summed E-state index contributed by atoms with van der Waals surface area (Å²) in [7, 11) is 3.43. The zero-order chi connectivity index (χ0) is 12.8. The van der Waals surface area contributed by atoms with Crippen molar-refractivity contribution in [2.45, 2.75) is 13.1 Å². The Kier molecular flexibility index (Phi) is 4.37. The molecule has 18 heavy (non-hydrogen) atoms. The monoisotopic (exact) mass is 251 g/mol. The second-order valence-electron chi connectivity index (χ2n) is 3.90. The van der Waals surface area contributed by atoms with Gasteiger partial charge in [0.15, 0.2) is 5.82 Å². The number of imidazole rings is 1. The summed E-state index contributed by atoms with van der Waals surface area (Å²) in [4.78, 5) is 5.74. The predicted molar refractivity (Wildman–Crippen MR) is 63.7 cm³/mol. The zero-order valence-corrected chi connectivity index (χ0v) is 10.6. The number of hydrogen-bond donors (Lipinski definition) is 1. The van der Waals surface area contributed by atoms with Crippen molar-refractivity contribution in [3.8, 4) is 0 Å². The molecular formula is C10H17N7O. The second kappa shape index (κ2) is 6.22. The molecule has 0 saturated heterocycles. The summed E-state index contributed by atoms with van der Waals surface area (Å²) < 4.78 is 6.89. The number of rotatable bonds is 7. The lowest BCUT2D eigenvalue weighted by atomic mass is 10.4. The van der Waals surface area contributed by atoms with Gasteiger partial charge in [0.25, 0.3) is 0 Å². The van der Waals surface area contributed by atoms with Crippen LogP contribution in [-0.2, 0) is 24.9 Å². The number of methoxy groups -OCH3 is 1. The molecule has 0 aliphatic carbocycles. The molecule has 0 saturated carbocycles. The molecule has 0 fully saturated rings. The Hall–Kier alpha value is -1.80. The summed E-state index contributed by atoms with van der Waals surface area (Å²) in [6.07, 6.45) is 3.74. The molecule has 8 nitrogen and oxygen atoms in total. The van der Waals surface area contributed by atoms with Crippen molar-refractivity contribution in [1.29, 1.82) is 0 Å². The van der Waals surface area contributed by atoms with Crippen LogP contribution in [0.25, 0.3) is 0 Å². The van der Waals surface area contributed by atoms with Gasteiger partial charge < -0.3 is 14.6 Å². The van der Waals surface area contributed by atoms with E-state index in [1.807, 2.05) is 10.8 Å². The minimum atomic E-state index is 0.582. The quantitative estimate of drug-likeness (QED) is 0.648. The minimum absolute atomic E-state index is 0.582. The normalized spacial score (nSPS) is 11.0. The summed E-state index contributed by atoms with van der Waals surface area (Å²) in [5, 5.41) is 15.1. The highest BCUT2D eigenvalue weighted by molar-refractivity contribution is 4.97. The molecule has 0 atom stereocenters. The summed E-state index contributed by atoms with van der Waals surface area (Å²) >= 11 is 0. The molecule has 98 valence electrons. The first-order valence-electron chi connectivity index (χ1n) is 5.71. The van der Waals surface area contributed by atoms with Crippen LogP contribution in [0.5, 0.6) is 0 Å². The SMILES string of the molecule is COCCNCc1cn(Cc2nnn(C)n2)cn1.